The molecule has 0 N–H and O–H groups in total. The van der Waals surface area contributed by atoms with Crippen molar-refractivity contribution in [2.45, 2.75) is 18.6 Å². The Bertz CT molecular complexity index is 688. The first-order valence-electron chi connectivity index (χ1n) is 6.01. The Morgan fingerprint density at radius 3 is 2.89 bits per heavy atom. The second-order valence-corrected chi connectivity index (χ2v) is 5.30. The lowest BCUT2D eigenvalue weighted by Crippen LogP contribution is -2.22. The largest absolute Gasteiger partial charge is 0.283 e. The van der Waals surface area contributed by atoms with Gasteiger partial charge >= 0.3 is 0 Å². The van der Waals surface area contributed by atoms with Gasteiger partial charge in [-0.15, -0.1) is 6.58 Å². The van der Waals surface area contributed by atoms with Gasteiger partial charge in [-0.2, -0.15) is 0 Å². The molecular weight excluding hydrogens is 256 g/mol. The molecule has 0 aliphatic rings. The van der Waals surface area contributed by atoms with Crippen LogP contribution < -0.4 is 5.56 Å². The van der Waals surface area contributed by atoms with Crippen LogP contribution in [0.3, 0.4) is 0 Å². The van der Waals surface area contributed by atoms with E-state index in [4.69, 9.17) is 0 Å². The Kier molecular flexibility index (Phi) is 4.22. The van der Waals surface area contributed by atoms with E-state index in [2.05, 4.69) is 18.1 Å². The first-order chi connectivity index (χ1) is 9.13. The highest BCUT2D eigenvalue weighted by Crippen LogP contribution is 2.19. The molecule has 2 aromatic rings. The van der Waals surface area contributed by atoms with E-state index in [-0.39, 0.29) is 5.56 Å². The highest BCUT2D eigenvalue weighted by atomic mass is 32.2. The van der Waals surface area contributed by atoms with Gasteiger partial charge < -0.3 is 0 Å². The van der Waals surface area contributed by atoms with Crippen molar-refractivity contribution < 1.29 is 0 Å². The van der Waals surface area contributed by atoms with Gasteiger partial charge in [-0.3, -0.25) is 9.36 Å². The molecular formula is C15H16N2OS. The Hall–Kier alpha value is -1.81. The highest BCUT2D eigenvalue weighted by molar-refractivity contribution is 7.99. The minimum atomic E-state index is -0.0188. The normalized spacial score (nSPS) is 10.6. The quantitative estimate of drug-likeness (QED) is 0.476. The van der Waals surface area contributed by atoms with E-state index in [1.807, 2.05) is 25.1 Å². The summed E-state index contributed by atoms with van der Waals surface area (Å²) in [5, 5.41) is 1.36. The van der Waals surface area contributed by atoms with Crippen LogP contribution in [-0.2, 0) is 6.54 Å². The van der Waals surface area contributed by atoms with E-state index >= 15 is 0 Å². The maximum atomic E-state index is 12.4. The van der Waals surface area contributed by atoms with Crippen LogP contribution in [0.25, 0.3) is 10.9 Å². The molecule has 4 heteroatoms. The molecule has 0 fully saturated rings. The molecule has 0 spiro atoms. The zero-order chi connectivity index (χ0) is 13.8. The van der Waals surface area contributed by atoms with Gasteiger partial charge in [-0.25, -0.2) is 4.98 Å². The second-order valence-electron chi connectivity index (χ2n) is 4.36. The van der Waals surface area contributed by atoms with Crippen LogP contribution in [0.2, 0.25) is 0 Å². The van der Waals surface area contributed by atoms with Crippen LogP contribution in [0, 0.1) is 0 Å². The number of fused-ring (bicyclic) bond motifs is 1. The lowest BCUT2D eigenvalue weighted by molar-refractivity contribution is 0.672. The summed E-state index contributed by atoms with van der Waals surface area (Å²) in [4.78, 5) is 17.0. The number of aromatic nitrogens is 2. The van der Waals surface area contributed by atoms with E-state index < -0.39 is 0 Å². The first-order valence-corrected chi connectivity index (χ1v) is 6.99. The molecule has 0 bridgehead atoms. The van der Waals surface area contributed by atoms with Gasteiger partial charge in [-0.05, 0) is 19.1 Å². The number of allylic oxidation sites excluding steroid dienone is 1. The molecule has 19 heavy (non-hydrogen) atoms. The molecule has 1 aromatic carbocycles. The Morgan fingerprint density at radius 2 is 2.21 bits per heavy atom. The molecule has 2 rings (SSSR count). The van der Waals surface area contributed by atoms with Crippen molar-refractivity contribution in [2.75, 3.05) is 5.75 Å². The van der Waals surface area contributed by atoms with Crippen LogP contribution in [0.15, 0.2) is 59.0 Å². The summed E-state index contributed by atoms with van der Waals surface area (Å²) < 4.78 is 1.66. The topological polar surface area (TPSA) is 34.9 Å². The smallest absolute Gasteiger partial charge is 0.262 e. The molecule has 1 aromatic heterocycles. The fourth-order valence-electron chi connectivity index (χ4n) is 1.74. The maximum absolute atomic E-state index is 12.4. The Labute approximate surface area is 116 Å². The summed E-state index contributed by atoms with van der Waals surface area (Å²) in [5.41, 5.74) is 1.77. The predicted molar refractivity (Wildman–Crippen MR) is 81.7 cm³/mol. The lowest BCUT2D eigenvalue weighted by Gasteiger charge is -2.11. The number of para-hydroxylation sites is 1. The number of hydrogen-bond acceptors (Lipinski definition) is 3. The minimum Gasteiger partial charge on any atom is -0.283 e. The molecule has 0 amide bonds. The molecule has 0 aliphatic carbocycles. The van der Waals surface area contributed by atoms with Gasteiger partial charge in [0, 0.05) is 12.3 Å². The maximum Gasteiger partial charge on any atom is 0.262 e. The third-order valence-electron chi connectivity index (χ3n) is 2.59. The van der Waals surface area contributed by atoms with Gasteiger partial charge in [0.25, 0.3) is 5.56 Å². The van der Waals surface area contributed by atoms with E-state index in [9.17, 15) is 4.79 Å². The monoisotopic (exact) mass is 272 g/mol. The van der Waals surface area contributed by atoms with Crippen LogP contribution >= 0.6 is 11.8 Å². The predicted octanol–water partition coefficient (Wildman–Crippen LogP) is 3.25. The van der Waals surface area contributed by atoms with Gasteiger partial charge in [0.1, 0.15) is 0 Å². The average Bonchev–Trinajstić information content (AvgIpc) is 2.40. The standard InChI is InChI=1S/C15H16N2OS/c1-4-9-17-14(18)12-7-5-6-8-13(12)16-15(17)19-10-11(2)3/h4-8H,1-2,9-10H2,3H3. The molecule has 0 aliphatic heterocycles. The fraction of sp³-hybridized carbons (Fsp3) is 0.200. The highest BCUT2D eigenvalue weighted by Gasteiger charge is 2.10. The second kappa shape index (κ2) is 5.89. The summed E-state index contributed by atoms with van der Waals surface area (Å²) in [6, 6.07) is 7.40. The molecule has 0 saturated carbocycles. The van der Waals surface area contributed by atoms with Crippen molar-refractivity contribution in [2.24, 2.45) is 0 Å². The van der Waals surface area contributed by atoms with Crippen molar-refractivity contribution in [3.05, 3.63) is 59.4 Å². The number of thioether (sulfide) groups is 1. The first kappa shape index (κ1) is 13.6. The molecule has 0 unspecified atom stereocenters. The average molecular weight is 272 g/mol. The van der Waals surface area contributed by atoms with E-state index in [1.165, 1.54) is 11.8 Å². The van der Waals surface area contributed by atoms with Crippen LogP contribution in [0.1, 0.15) is 6.92 Å². The molecule has 0 atom stereocenters. The van der Waals surface area contributed by atoms with Crippen molar-refractivity contribution in [1.29, 1.82) is 0 Å². The van der Waals surface area contributed by atoms with Crippen LogP contribution in [0.5, 0.6) is 0 Å². The van der Waals surface area contributed by atoms with Gasteiger partial charge in [0.05, 0.1) is 10.9 Å². The number of hydrogen-bond donors (Lipinski definition) is 0. The van der Waals surface area contributed by atoms with Crippen LogP contribution in [-0.4, -0.2) is 15.3 Å². The SMILES string of the molecule is C=CCn1c(SCC(=C)C)nc2ccccc2c1=O. The van der Waals surface area contributed by atoms with Gasteiger partial charge in [-0.1, -0.05) is 42.1 Å². The number of benzene rings is 1. The summed E-state index contributed by atoms with van der Waals surface area (Å²) >= 11 is 1.53. The molecule has 0 radical (unpaired) electrons. The summed E-state index contributed by atoms with van der Waals surface area (Å²) in [5.74, 6) is 0.752. The Morgan fingerprint density at radius 1 is 1.47 bits per heavy atom. The zero-order valence-electron chi connectivity index (χ0n) is 10.9. The van der Waals surface area contributed by atoms with Crippen molar-refractivity contribution in [1.82, 2.24) is 9.55 Å². The van der Waals surface area contributed by atoms with Gasteiger partial charge in [0.15, 0.2) is 5.16 Å². The van der Waals surface area contributed by atoms with Crippen molar-refractivity contribution >= 4 is 22.7 Å². The fourth-order valence-corrected chi connectivity index (χ4v) is 2.59. The van der Waals surface area contributed by atoms with E-state index in [0.717, 1.165) is 16.8 Å². The summed E-state index contributed by atoms with van der Waals surface area (Å²) in [6.07, 6.45) is 1.71. The molecule has 1 heterocycles. The molecule has 3 nitrogen and oxygen atoms in total. The third kappa shape index (κ3) is 2.96. The molecule has 0 saturated heterocycles. The van der Waals surface area contributed by atoms with E-state index in [1.54, 1.807) is 16.7 Å². The van der Waals surface area contributed by atoms with Crippen molar-refractivity contribution in [3.8, 4) is 0 Å². The summed E-state index contributed by atoms with van der Waals surface area (Å²) in [7, 11) is 0. The summed E-state index contributed by atoms with van der Waals surface area (Å²) in [6.45, 7) is 10.0. The lowest BCUT2D eigenvalue weighted by atomic mass is 10.2. The van der Waals surface area contributed by atoms with E-state index in [0.29, 0.717) is 17.1 Å². The zero-order valence-corrected chi connectivity index (χ0v) is 11.7. The number of rotatable bonds is 5. The van der Waals surface area contributed by atoms with Gasteiger partial charge in [0.2, 0.25) is 0 Å². The molecule has 98 valence electrons. The van der Waals surface area contributed by atoms with Crippen LogP contribution in [0.4, 0.5) is 0 Å². The number of nitrogens with zero attached hydrogens (tertiary/aromatic N) is 2. The van der Waals surface area contributed by atoms with Crippen molar-refractivity contribution in [3.63, 3.8) is 0 Å². The minimum absolute atomic E-state index is 0.0188. The third-order valence-corrected chi connectivity index (χ3v) is 3.79. The Balaban J connectivity index is 2.59.